The summed E-state index contributed by atoms with van der Waals surface area (Å²) < 4.78 is 26.2. The number of likely N-dealkylation sites (tertiary alicyclic amines) is 1. The van der Waals surface area contributed by atoms with E-state index in [9.17, 15) is 33.1 Å². The molecule has 2 aromatic heterocycles. The number of alkyl halides is 1. The van der Waals surface area contributed by atoms with Crippen LogP contribution in [0.2, 0.25) is 0 Å². The molecular formula is C30H35FN5O6PS. The van der Waals surface area contributed by atoms with Crippen LogP contribution in [0.5, 0.6) is 0 Å². The molecule has 14 heteroatoms. The molecule has 4 atom stereocenters. The quantitative estimate of drug-likeness (QED) is 0.330. The summed E-state index contributed by atoms with van der Waals surface area (Å²) in [6.45, 7) is 1.14. The number of anilines is 1. The number of benzene rings is 1. The first kappa shape index (κ1) is 30.6. The SMILES string of the molecule is CN(C)c1ccncc1C1CN(C(=O)[C@@H]2CC[C@@H]3CCC[C@H](NC(=O)c4cc5cc([C@@H](F)P(=O)(O)O)ccc5s4)C(=O)N32)C1. The highest BCUT2D eigenvalue weighted by Gasteiger charge is 2.47. The van der Waals surface area contributed by atoms with Crippen LogP contribution in [-0.4, -0.2) is 87.6 Å². The summed E-state index contributed by atoms with van der Waals surface area (Å²) >= 11 is 1.15. The maximum Gasteiger partial charge on any atom is 0.363 e. The summed E-state index contributed by atoms with van der Waals surface area (Å²) in [7, 11) is -1.01. The zero-order valence-electron chi connectivity index (χ0n) is 24.4. The molecule has 0 unspecified atom stereocenters. The van der Waals surface area contributed by atoms with Gasteiger partial charge in [-0.2, -0.15) is 0 Å². The number of halogens is 1. The molecule has 3 amide bonds. The van der Waals surface area contributed by atoms with Gasteiger partial charge in [0.05, 0.1) is 4.88 Å². The Bertz CT molecular complexity index is 1660. The highest BCUT2D eigenvalue weighted by molar-refractivity contribution is 7.51. The fraction of sp³-hybridized carbons (Fsp3) is 0.467. The van der Waals surface area contributed by atoms with E-state index in [0.29, 0.717) is 40.9 Å². The van der Waals surface area contributed by atoms with E-state index in [2.05, 4.69) is 10.3 Å². The summed E-state index contributed by atoms with van der Waals surface area (Å²) in [6.07, 6.45) is 6.91. The Morgan fingerprint density at radius 2 is 1.91 bits per heavy atom. The van der Waals surface area contributed by atoms with Crippen molar-refractivity contribution >= 4 is 52.4 Å². The fourth-order valence-electron chi connectivity index (χ4n) is 6.67. The summed E-state index contributed by atoms with van der Waals surface area (Å²) in [5.41, 5.74) is 2.01. The van der Waals surface area contributed by atoms with Gasteiger partial charge in [-0.15, -0.1) is 11.3 Å². The molecule has 3 fully saturated rings. The van der Waals surface area contributed by atoms with Crippen molar-refractivity contribution in [1.82, 2.24) is 20.1 Å². The molecule has 0 bridgehead atoms. The molecule has 11 nitrogen and oxygen atoms in total. The number of hydrogen-bond donors (Lipinski definition) is 3. The first-order valence-electron chi connectivity index (χ1n) is 14.7. The molecule has 6 rings (SSSR count). The molecular weight excluding hydrogens is 608 g/mol. The summed E-state index contributed by atoms with van der Waals surface area (Å²) in [5.74, 6) is -3.04. The number of rotatable bonds is 7. The van der Waals surface area contributed by atoms with Crippen LogP contribution in [-0.2, 0) is 14.2 Å². The molecule has 3 aliphatic heterocycles. The Morgan fingerprint density at radius 3 is 2.64 bits per heavy atom. The summed E-state index contributed by atoms with van der Waals surface area (Å²) in [6, 6.07) is 6.25. The summed E-state index contributed by atoms with van der Waals surface area (Å²) in [5, 5.41) is 3.34. The Kier molecular flexibility index (Phi) is 8.25. The van der Waals surface area contributed by atoms with E-state index >= 15 is 0 Å². The van der Waals surface area contributed by atoms with E-state index in [1.165, 1.54) is 24.3 Å². The zero-order valence-corrected chi connectivity index (χ0v) is 26.1. The number of carbonyl (C=O) groups excluding carboxylic acids is 3. The second-order valence-electron chi connectivity index (χ2n) is 12.1. The average molecular weight is 644 g/mol. The zero-order chi connectivity index (χ0) is 31.3. The van der Waals surface area contributed by atoms with Crippen LogP contribution in [0.3, 0.4) is 0 Å². The predicted molar refractivity (Wildman–Crippen MR) is 164 cm³/mol. The third-order valence-electron chi connectivity index (χ3n) is 8.95. The number of pyridine rings is 1. The van der Waals surface area contributed by atoms with Gasteiger partial charge < -0.3 is 29.8 Å². The molecule has 234 valence electrons. The van der Waals surface area contributed by atoms with Crippen molar-refractivity contribution in [3.05, 3.63) is 58.7 Å². The number of nitrogens with zero attached hydrogens (tertiary/aromatic N) is 4. The minimum atomic E-state index is -4.97. The molecule has 0 spiro atoms. The van der Waals surface area contributed by atoms with Gasteiger partial charge in [0.1, 0.15) is 12.1 Å². The lowest BCUT2D eigenvalue weighted by Gasteiger charge is -2.43. The second kappa shape index (κ2) is 11.8. The van der Waals surface area contributed by atoms with E-state index in [4.69, 9.17) is 0 Å². The van der Waals surface area contributed by atoms with Crippen molar-refractivity contribution in [2.45, 2.75) is 62.1 Å². The van der Waals surface area contributed by atoms with Crippen LogP contribution < -0.4 is 10.2 Å². The van der Waals surface area contributed by atoms with Gasteiger partial charge in [-0.1, -0.05) is 6.07 Å². The standard InChI is InChI=1S/C30H35FN5O6PS/c1-34(2)23-10-11-32-14-21(23)19-15-35(16-19)30(39)24-8-7-20-4-3-5-22(29(38)36(20)24)33-28(37)26-13-18-12-17(6-9-25(18)44-26)27(31)43(40,41)42/h6,9-14,19-20,22,24,27H,3-5,7-8,15-16H2,1-2H3,(H,33,37)(H2,40,41,42)/t20-,22-,24-,27-/m0/s1. The van der Waals surface area contributed by atoms with Crippen LogP contribution >= 0.6 is 18.9 Å². The van der Waals surface area contributed by atoms with E-state index in [-0.39, 0.29) is 29.3 Å². The smallest absolute Gasteiger partial charge is 0.363 e. The molecule has 44 heavy (non-hydrogen) atoms. The summed E-state index contributed by atoms with van der Waals surface area (Å²) in [4.78, 5) is 69.3. The Labute approximate surface area is 258 Å². The van der Waals surface area contributed by atoms with Gasteiger partial charge in [-0.3, -0.25) is 23.9 Å². The second-order valence-corrected chi connectivity index (χ2v) is 14.8. The predicted octanol–water partition coefficient (Wildman–Crippen LogP) is 3.78. The number of thiophene rings is 1. The molecule has 3 aromatic rings. The fourth-order valence-corrected chi connectivity index (χ4v) is 8.17. The van der Waals surface area contributed by atoms with Gasteiger partial charge >= 0.3 is 7.60 Å². The lowest BCUT2D eigenvalue weighted by molar-refractivity contribution is -0.148. The monoisotopic (exact) mass is 643 g/mol. The van der Waals surface area contributed by atoms with Crippen LogP contribution in [0.15, 0.2) is 42.7 Å². The van der Waals surface area contributed by atoms with E-state index < -0.39 is 31.5 Å². The van der Waals surface area contributed by atoms with Crippen molar-refractivity contribution in [1.29, 1.82) is 0 Å². The number of hydrogen-bond acceptors (Lipinski definition) is 7. The number of fused-ring (bicyclic) bond motifs is 2. The van der Waals surface area contributed by atoms with E-state index in [0.717, 1.165) is 41.9 Å². The van der Waals surface area contributed by atoms with Gasteiger partial charge in [-0.25, -0.2) is 4.39 Å². The third kappa shape index (κ3) is 5.74. The molecule has 3 aliphatic rings. The number of amides is 3. The highest BCUT2D eigenvalue weighted by Crippen LogP contribution is 2.53. The van der Waals surface area contributed by atoms with Gasteiger partial charge in [0.15, 0.2) is 0 Å². The van der Waals surface area contributed by atoms with Crippen molar-refractivity contribution in [2.75, 3.05) is 32.1 Å². The normalized spacial score (nSPS) is 23.2. The lowest BCUT2D eigenvalue weighted by atomic mass is 9.90. The van der Waals surface area contributed by atoms with E-state index in [1.807, 2.05) is 36.2 Å². The lowest BCUT2D eigenvalue weighted by Crippen LogP contribution is -2.58. The van der Waals surface area contributed by atoms with Crippen LogP contribution in [0.25, 0.3) is 10.1 Å². The maximum absolute atomic E-state index is 14.2. The molecule has 1 aromatic carbocycles. The minimum absolute atomic E-state index is 0.0421. The molecule has 5 heterocycles. The first-order valence-corrected chi connectivity index (χ1v) is 17.2. The topological polar surface area (TPSA) is 143 Å². The van der Waals surface area contributed by atoms with Gasteiger partial charge in [-0.05, 0) is 67.3 Å². The average Bonchev–Trinajstić information content (AvgIpc) is 3.55. The Balaban J connectivity index is 1.13. The van der Waals surface area contributed by atoms with Gasteiger partial charge in [0.25, 0.3) is 5.91 Å². The third-order valence-corrected chi connectivity index (χ3v) is 11.0. The molecule has 3 N–H and O–H groups in total. The van der Waals surface area contributed by atoms with Crippen molar-refractivity contribution in [3.63, 3.8) is 0 Å². The van der Waals surface area contributed by atoms with Crippen LogP contribution in [0, 0.1) is 0 Å². The van der Waals surface area contributed by atoms with Gasteiger partial charge in [0.2, 0.25) is 17.7 Å². The van der Waals surface area contributed by atoms with Crippen LogP contribution in [0.1, 0.15) is 64.7 Å². The number of carbonyl (C=O) groups is 3. The van der Waals surface area contributed by atoms with Crippen molar-refractivity contribution in [3.8, 4) is 0 Å². The molecule has 0 radical (unpaired) electrons. The molecule has 0 saturated carbocycles. The molecule has 0 aliphatic carbocycles. The molecule has 3 saturated heterocycles. The minimum Gasteiger partial charge on any atom is -0.377 e. The number of aromatic nitrogens is 1. The number of nitrogens with one attached hydrogen (secondary N) is 1. The van der Waals surface area contributed by atoms with Crippen LogP contribution in [0.4, 0.5) is 10.1 Å². The Hall–Kier alpha value is -3.38. The largest absolute Gasteiger partial charge is 0.377 e. The van der Waals surface area contributed by atoms with Crippen molar-refractivity contribution < 1.29 is 33.1 Å². The Morgan fingerprint density at radius 1 is 1.14 bits per heavy atom. The first-order chi connectivity index (χ1) is 20.9. The van der Waals surface area contributed by atoms with Crippen molar-refractivity contribution in [2.24, 2.45) is 0 Å². The maximum atomic E-state index is 14.2. The van der Waals surface area contributed by atoms with Gasteiger partial charge in [0, 0.05) is 67.5 Å². The highest BCUT2D eigenvalue weighted by atomic mass is 32.1. The van der Waals surface area contributed by atoms with E-state index in [1.54, 1.807) is 11.1 Å².